The first kappa shape index (κ1) is 25.8. The van der Waals surface area contributed by atoms with Gasteiger partial charge >= 0.3 is 0 Å². The maximum absolute atomic E-state index is 13.5. The van der Waals surface area contributed by atoms with Crippen molar-refractivity contribution < 1.29 is 4.79 Å². The van der Waals surface area contributed by atoms with Gasteiger partial charge in [-0.3, -0.25) is 4.79 Å². The van der Waals surface area contributed by atoms with Crippen LogP contribution in [0, 0.1) is 0 Å². The van der Waals surface area contributed by atoms with Gasteiger partial charge in [0.15, 0.2) is 5.84 Å². The van der Waals surface area contributed by atoms with Crippen molar-refractivity contribution in [3.8, 4) is 0 Å². The summed E-state index contributed by atoms with van der Waals surface area (Å²) in [6.07, 6.45) is 3.42. The molecule has 0 N–H and O–H groups in total. The number of amidine groups is 1. The smallest absolute Gasteiger partial charge is 0.282 e. The third-order valence-electron chi connectivity index (χ3n) is 5.52. The van der Waals surface area contributed by atoms with Crippen molar-refractivity contribution in [1.82, 2.24) is 0 Å². The molecule has 0 atom stereocenters. The maximum Gasteiger partial charge on any atom is 0.282 e. The molecule has 0 aromatic heterocycles. The van der Waals surface area contributed by atoms with Gasteiger partial charge in [0.2, 0.25) is 0 Å². The van der Waals surface area contributed by atoms with Crippen LogP contribution in [-0.2, 0) is 4.79 Å². The molecule has 0 bridgehead atoms. The number of benzene rings is 3. The number of hydrazone groups is 1. The fraction of sp³-hybridized carbons (Fsp3) is 0.148. The van der Waals surface area contributed by atoms with Crippen LogP contribution in [0.3, 0.4) is 0 Å². The molecule has 1 heterocycles. The molecule has 1 aliphatic heterocycles. The summed E-state index contributed by atoms with van der Waals surface area (Å²) in [5.41, 5.74) is 4.38. The molecule has 6 nitrogen and oxygen atoms in total. The zero-order valence-electron chi connectivity index (χ0n) is 20.2. The molecule has 3 aromatic rings. The molecule has 0 spiro atoms. The van der Waals surface area contributed by atoms with Crippen molar-refractivity contribution in [2.24, 2.45) is 10.1 Å². The molecule has 1 aliphatic rings. The van der Waals surface area contributed by atoms with Crippen LogP contribution in [0.1, 0.15) is 11.1 Å². The van der Waals surface area contributed by atoms with Gasteiger partial charge in [-0.25, -0.2) is 4.99 Å². The van der Waals surface area contributed by atoms with Crippen LogP contribution in [0.25, 0.3) is 6.08 Å². The van der Waals surface area contributed by atoms with E-state index < -0.39 is 5.91 Å². The Balaban J connectivity index is 1.75. The van der Waals surface area contributed by atoms with Gasteiger partial charge in [0.25, 0.3) is 5.91 Å². The highest BCUT2D eigenvalue weighted by Crippen LogP contribution is 2.39. The second-order valence-electron chi connectivity index (χ2n) is 8.55. The molecule has 1 amide bonds. The van der Waals surface area contributed by atoms with Gasteiger partial charge in [-0.15, -0.1) is 5.10 Å². The molecule has 9 heteroatoms. The zero-order valence-corrected chi connectivity index (χ0v) is 22.5. The van der Waals surface area contributed by atoms with Crippen LogP contribution < -0.4 is 14.8 Å². The number of aliphatic imine (C=N–C) groups is 1. The van der Waals surface area contributed by atoms with Gasteiger partial charge in [0.1, 0.15) is 5.69 Å². The van der Waals surface area contributed by atoms with E-state index in [1.54, 1.807) is 12.3 Å². The molecule has 0 saturated heterocycles. The number of hydrogen-bond donors (Lipinski definition) is 0. The third-order valence-corrected chi connectivity index (χ3v) is 6.31. The Morgan fingerprint density at radius 1 is 0.806 bits per heavy atom. The fourth-order valence-corrected chi connectivity index (χ4v) is 4.52. The van der Waals surface area contributed by atoms with E-state index in [4.69, 9.17) is 34.8 Å². The predicted molar refractivity (Wildman–Crippen MR) is 154 cm³/mol. The molecule has 184 valence electrons. The lowest BCUT2D eigenvalue weighted by Gasteiger charge is -2.15. The normalized spacial score (nSPS) is 14.6. The number of rotatable bonds is 5. The van der Waals surface area contributed by atoms with Crippen molar-refractivity contribution in [2.75, 3.05) is 43.0 Å². The summed E-state index contributed by atoms with van der Waals surface area (Å²) in [5, 5.41) is 6.44. The fourth-order valence-electron chi connectivity index (χ4n) is 3.54. The number of anilines is 3. The average Bonchev–Trinajstić information content (AvgIpc) is 3.12. The third kappa shape index (κ3) is 5.57. The Morgan fingerprint density at radius 3 is 1.81 bits per heavy atom. The second-order valence-corrected chi connectivity index (χ2v) is 9.80. The summed E-state index contributed by atoms with van der Waals surface area (Å²) in [6.45, 7) is 0. The summed E-state index contributed by atoms with van der Waals surface area (Å²) in [5.74, 6) is -0.150. The van der Waals surface area contributed by atoms with E-state index in [1.807, 2.05) is 86.5 Å². The maximum atomic E-state index is 13.5. The molecular weight excluding hydrogens is 517 g/mol. The second kappa shape index (κ2) is 10.7. The summed E-state index contributed by atoms with van der Waals surface area (Å²) in [6, 6.07) is 18.7. The van der Waals surface area contributed by atoms with Crippen LogP contribution >= 0.6 is 34.8 Å². The van der Waals surface area contributed by atoms with Crippen molar-refractivity contribution in [1.29, 1.82) is 0 Å². The highest BCUT2D eigenvalue weighted by molar-refractivity contribution is 6.44. The van der Waals surface area contributed by atoms with Gasteiger partial charge in [0, 0.05) is 50.8 Å². The average molecular weight is 541 g/mol. The Hall–Kier alpha value is -3.32. The zero-order chi connectivity index (χ0) is 26.0. The minimum atomic E-state index is -0.395. The molecular formula is C27H24Cl3N5O. The van der Waals surface area contributed by atoms with Gasteiger partial charge < -0.3 is 9.80 Å². The monoisotopic (exact) mass is 539 g/mol. The lowest BCUT2D eigenvalue weighted by atomic mass is 10.1. The highest BCUT2D eigenvalue weighted by atomic mass is 35.5. The van der Waals surface area contributed by atoms with E-state index in [0.717, 1.165) is 22.5 Å². The van der Waals surface area contributed by atoms with E-state index >= 15 is 0 Å². The Morgan fingerprint density at radius 2 is 1.31 bits per heavy atom. The summed E-state index contributed by atoms with van der Waals surface area (Å²) in [7, 11) is 7.89. The van der Waals surface area contributed by atoms with Crippen LogP contribution in [-0.4, -0.2) is 46.1 Å². The molecule has 3 aromatic carbocycles. The number of carbonyl (C=O) groups excluding carboxylic acids is 1. The van der Waals surface area contributed by atoms with E-state index in [2.05, 4.69) is 10.1 Å². The number of halogens is 3. The summed E-state index contributed by atoms with van der Waals surface area (Å²) >= 11 is 18.9. The molecule has 0 fully saturated rings. The first-order valence-corrected chi connectivity index (χ1v) is 12.2. The van der Waals surface area contributed by atoms with Crippen molar-refractivity contribution in [2.45, 2.75) is 0 Å². The Kier molecular flexibility index (Phi) is 7.69. The molecule has 0 saturated carbocycles. The van der Waals surface area contributed by atoms with Crippen LogP contribution in [0.4, 0.5) is 17.1 Å². The van der Waals surface area contributed by atoms with Gasteiger partial charge in [-0.1, -0.05) is 59.1 Å². The number of amides is 1. The lowest BCUT2D eigenvalue weighted by molar-refractivity contribution is -0.114. The lowest BCUT2D eigenvalue weighted by Crippen LogP contribution is -2.22. The number of hydrogen-bond acceptors (Lipinski definition) is 5. The first-order valence-electron chi connectivity index (χ1n) is 11.0. The van der Waals surface area contributed by atoms with E-state index in [0.29, 0.717) is 10.6 Å². The van der Waals surface area contributed by atoms with E-state index in [1.165, 1.54) is 17.1 Å². The first-order chi connectivity index (χ1) is 17.1. The standard InChI is InChI=1S/C27H24Cl3N5O/c1-33(2)20-9-5-17(6-10-20)13-22-26(31-16-18-7-11-21(12-8-18)34(3)4)32-35(27(22)36)25-23(29)14-19(28)15-24(25)30/h5-16H,1-4H3. The van der Waals surface area contributed by atoms with Crippen molar-refractivity contribution in [3.63, 3.8) is 0 Å². The Bertz CT molecular complexity index is 1350. The highest BCUT2D eigenvalue weighted by Gasteiger charge is 2.33. The minimum absolute atomic E-state index is 0.212. The summed E-state index contributed by atoms with van der Waals surface area (Å²) in [4.78, 5) is 22.1. The van der Waals surface area contributed by atoms with Gasteiger partial charge in [-0.2, -0.15) is 5.01 Å². The quantitative estimate of drug-likeness (QED) is 0.269. The Labute approximate surface area is 225 Å². The van der Waals surface area contributed by atoms with Crippen LogP contribution in [0.5, 0.6) is 0 Å². The largest absolute Gasteiger partial charge is 0.378 e. The molecule has 4 rings (SSSR count). The predicted octanol–water partition coefficient (Wildman–Crippen LogP) is 6.64. The SMILES string of the molecule is CN(C)c1ccc(C=NC2=NN(c3c(Cl)cc(Cl)cc3Cl)C(=O)C2=Cc2ccc(N(C)C)cc2)cc1. The van der Waals surface area contributed by atoms with E-state index in [9.17, 15) is 4.79 Å². The van der Waals surface area contributed by atoms with Gasteiger partial charge in [-0.05, 0) is 53.6 Å². The van der Waals surface area contributed by atoms with E-state index in [-0.39, 0.29) is 21.6 Å². The summed E-state index contributed by atoms with van der Waals surface area (Å²) < 4.78 is 0. The van der Waals surface area contributed by atoms with Crippen LogP contribution in [0.15, 0.2) is 76.3 Å². The van der Waals surface area contributed by atoms with Crippen molar-refractivity contribution in [3.05, 3.63) is 92.4 Å². The van der Waals surface area contributed by atoms with Crippen LogP contribution in [0.2, 0.25) is 15.1 Å². The molecule has 0 aliphatic carbocycles. The number of carbonyl (C=O) groups is 1. The number of nitrogens with zero attached hydrogens (tertiary/aromatic N) is 5. The molecule has 0 unspecified atom stereocenters. The topological polar surface area (TPSA) is 51.5 Å². The minimum Gasteiger partial charge on any atom is -0.378 e. The molecule has 0 radical (unpaired) electrons. The molecule has 36 heavy (non-hydrogen) atoms. The van der Waals surface area contributed by atoms with Gasteiger partial charge in [0.05, 0.1) is 15.6 Å². The van der Waals surface area contributed by atoms with Crippen molar-refractivity contribution >= 4 is 75.9 Å².